The number of ether oxygens (including phenoxy) is 2. The van der Waals surface area contributed by atoms with Crippen molar-refractivity contribution in [3.8, 4) is 28.8 Å². The van der Waals surface area contributed by atoms with E-state index in [-0.39, 0.29) is 16.9 Å². The van der Waals surface area contributed by atoms with Crippen LogP contribution in [0.3, 0.4) is 0 Å². The minimum absolute atomic E-state index is 0.0603. The molecule has 1 aliphatic heterocycles. The molecule has 0 unspecified atom stereocenters. The van der Waals surface area contributed by atoms with Crippen LogP contribution >= 0.6 is 0 Å². The molecule has 1 aliphatic carbocycles. The molecule has 2 aromatic carbocycles. The van der Waals surface area contributed by atoms with Gasteiger partial charge >= 0.3 is 0 Å². The summed E-state index contributed by atoms with van der Waals surface area (Å²) in [4.78, 5) is 22.8. The van der Waals surface area contributed by atoms with Crippen LogP contribution in [-0.2, 0) is 4.79 Å². The van der Waals surface area contributed by atoms with Gasteiger partial charge in [-0.25, -0.2) is 14.5 Å². The van der Waals surface area contributed by atoms with Crippen LogP contribution in [-0.4, -0.2) is 37.6 Å². The summed E-state index contributed by atoms with van der Waals surface area (Å²) in [7, 11) is 1.62. The molecular weight excluding hydrogens is 444 g/mol. The lowest BCUT2D eigenvalue weighted by Gasteiger charge is -2.37. The number of nitrogens with zero attached hydrogens (tertiary/aromatic N) is 4. The highest BCUT2D eigenvalue weighted by Crippen LogP contribution is 2.50. The minimum atomic E-state index is -0.416. The number of methoxy groups -OCH3 is 1. The van der Waals surface area contributed by atoms with E-state index in [1.54, 1.807) is 36.2 Å². The molecule has 2 aromatic heterocycles. The van der Waals surface area contributed by atoms with Gasteiger partial charge in [-0.15, -0.1) is 5.10 Å². The molecule has 0 bridgehead atoms. The van der Waals surface area contributed by atoms with Crippen LogP contribution in [0.2, 0.25) is 0 Å². The zero-order valence-electron chi connectivity index (χ0n) is 19.6. The fourth-order valence-electron chi connectivity index (χ4n) is 5.05. The number of phenolic OH excluding ortho intramolecular Hbond substituents is 1. The standard InChI is InChI=1S/C27H24N4O4/c1-27(2)12-19(33)22-20(13-27)35-26-23(21(22)15-8-10-16(34-3)11-9-15)25-29-24(30-31(25)14-28-26)17-6-4-5-7-18(17)32/h4-11,14,21,32H,12-13H2,1-3H3/t21-/m0/s1. The van der Waals surface area contributed by atoms with E-state index >= 15 is 0 Å². The number of carbonyl (C=O) groups excluding carboxylic acids is 1. The molecule has 8 heteroatoms. The largest absolute Gasteiger partial charge is 0.507 e. The van der Waals surface area contributed by atoms with Gasteiger partial charge in [-0.3, -0.25) is 4.79 Å². The Hall–Kier alpha value is -4.20. The molecule has 8 nitrogen and oxygen atoms in total. The van der Waals surface area contributed by atoms with Crippen LogP contribution in [0.25, 0.3) is 17.0 Å². The van der Waals surface area contributed by atoms with Crippen LogP contribution in [0.15, 0.2) is 66.2 Å². The topological polar surface area (TPSA) is 98.8 Å². The predicted octanol–water partition coefficient (Wildman–Crippen LogP) is 4.67. The quantitative estimate of drug-likeness (QED) is 0.466. The minimum Gasteiger partial charge on any atom is -0.507 e. The fraction of sp³-hybridized carbons (Fsp3) is 0.259. The van der Waals surface area contributed by atoms with Gasteiger partial charge < -0.3 is 14.6 Å². The first-order valence-electron chi connectivity index (χ1n) is 11.5. The summed E-state index contributed by atoms with van der Waals surface area (Å²) >= 11 is 0. The second-order valence-corrected chi connectivity index (χ2v) is 9.77. The third-order valence-electron chi connectivity index (χ3n) is 6.66. The number of para-hydroxylation sites is 1. The van der Waals surface area contributed by atoms with Gasteiger partial charge in [0.25, 0.3) is 0 Å². The number of hydrogen-bond donors (Lipinski definition) is 1. The molecule has 3 heterocycles. The van der Waals surface area contributed by atoms with Gasteiger partial charge in [0, 0.05) is 24.3 Å². The van der Waals surface area contributed by atoms with E-state index in [0.717, 1.165) is 11.3 Å². The molecule has 0 saturated heterocycles. The first kappa shape index (κ1) is 21.3. The number of aromatic nitrogens is 4. The number of Topliss-reactive ketones (excluding diaryl/α,β-unsaturated/α-hetero) is 1. The van der Waals surface area contributed by atoms with Gasteiger partial charge in [0.15, 0.2) is 17.3 Å². The second kappa shape index (κ2) is 7.66. The average molecular weight is 469 g/mol. The molecule has 176 valence electrons. The molecule has 0 saturated carbocycles. The van der Waals surface area contributed by atoms with Crippen LogP contribution in [0.4, 0.5) is 0 Å². The summed E-state index contributed by atoms with van der Waals surface area (Å²) < 4.78 is 13.2. The zero-order valence-corrected chi connectivity index (χ0v) is 19.6. The summed E-state index contributed by atoms with van der Waals surface area (Å²) in [6.07, 6.45) is 2.63. The van der Waals surface area contributed by atoms with Crippen molar-refractivity contribution in [2.45, 2.75) is 32.6 Å². The van der Waals surface area contributed by atoms with Crippen LogP contribution in [0.5, 0.6) is 17.4 Å². The summed E-state index contributed by atoms with van der Waals surface area (Å²) in [5.74, 6) is 1.90. The normalized spacial score (nSPS) is 18.7. The Balaban J connectivity index is 1.60. The van der Waals surface area contributed by atoms with Crippen molar-refractivity contribution >= 4 is 11.4 Å². The molecule has 2 aliphatic rings. The Morgan fingerprint density at radius 1 is 1.11 bits per heavy atom. The van der Waals surface area contributed by atoms with Crippen molar-refractivity contribution in [1.82, 2.24) is 19.6 Å². The zero-order chi connectivity index (χ0) is 24.3. The van der Waals surface area contributed by atoms with Crippen molar-refractivity contribution in [1.29, 1.82) is 0 Å². The molecule has 0 amide bonds. The number of fused-ring (bicyclic) bond motifs is 3. The maximum Gasteiger partial charge on any atom is 0.228 e. The number of hydrogen-bond acceptors (Lipinski definition) is 7. The molecule has 1 N–H and O–H groups in total. The van der Waals surface area contributed by atoms with Gasteiger partial charge in [-0.05, 0) is 35.2 Å². The second-order valence-electron chi connectivity index (χ2n) is 9.77. The van der Waals surface area contributed by atoms with Crippen LogP contribution in [0, 0.1) is 5.41 Å². The molecule has 0 spiro atoms. The molecule has 0 radical (unpaired) electrons. The van der Waals surface area contributed by atoms with E-state index in [1.165, 1.54) is 0 Å². The van der Waals surface area contributed by atoms with E-state index in [1.807, 2.05) is 30.3 Å². The SMILES string of the molecule is COc1ccc([C@H]2C3=C(CC(C)(C)CC3=O)Oc3ncn4nc(-c5ccccc5O)nc4c32)cc1. The lowest BCUT2D eigenvalue weighted by atomic mass is 9.70. The summed E-state index contributed by atoms with van der Waals surface area (Å²) in [5.41, 5.74) is 3.08. The maximum absolute atomic E-state index is 13.5. The Labute approximate surface area is 201 Å². The van der Waals surface area contributed by atoms with Gasteiger partial charge in [-0.1, -0.05) is 38.1 Å². The van der Waals surface area contributed by atoms with Crippen LogP contribution in [0.1, 0.15) is 43.7 Å². The van der Waals surface area contributed by atoms with Gasteiger partial charge in [-0.2, -0.15) is 0 Å². The van der Waals surface area contributed by atoms with Crippen molar-refractivity contribution in [3.63, 3.8) is 0 Å². The molecule has 1 atom stereocenters. The third kappa shape index (κ3) is 3.44. The van der Waals surface area contributed by atoms with Crippen molar-refractivity contribution in [2.75, 3.05) is 7.11 Å². The molecule has 0 fully saturated rings. The number of aromatic hydroxyl groups is 1. The summed E-state index contributed by atoms with van der Waals surface area (Å²) in [6.45, 7) is 4.15. The highest BCUT2D eigenvalue weighted by atomic mass is 16.5. The van der Waals surface area contributed by atoms with Crippen molar-refractivity contribution < 1.29 is 19.4 Å². The van der Waals surface area contributed by atoms with E-state index in [9.17, 15) is 9.90 Å². The maximum atomic E-state index is 13.5. The lowest BCUT2D eigenvalue weighted by Crippen LogP contribution is -2.33. The Bertz CT molecular complexity index is 1520. The molecule has 6 rings (SSSR count). The summed E-state index contributed by atoms with van der Waals surface area (Å²) in [6, 6.07) is 14.6. The highest BCUT2D eigenvalue weighted by molar-refractivity contribution is 6.00. The fourth-order valence-corrected chi connectivity index (χ4v) is 5.05. The van der Waals surface area contributed by atoms with E-state index in [2.05, 4.69) is 23.9 Å². The number of carbonyl (C=O) groups is 1. The monoisotopic (exact) mass is 468 g/mol. The van der Waals surface area contributed by atoms with Gasteiger partial charge in [0.1, 0.15) is 23.6 Å². The predicted molar refractivity (Wildman–Crippen MR) is 128 cm³/mol. The van der Waals surface area contributed by atoms with E-state index in [0.29, 0.717) is 52.7 Å². The number of phenols is 1. The van der Waals surface area contributed by atoms with Crippen LogP contribution < -0.4 is 9.47 Å². The number of ketones is 1. The highest BCUT2D eigenvalue weighted by Gasteiger charge is 2.44. The molecular formula is C27H24N4O4. The Morgan fingerprint density at radius 3 is 2.63 bits per heavy atom. The summed E-state index contributed by atoms with van der Waals surface area (Å²) in [5, 5.41) is 14.9. The van der Waals surface area contributed by atoms with Gasteiger partial charge in [0.2, 0.25) is 5.88 Å². The van der Waals surface area contributed by atoms with Gasteiger partial charge in [0.05, 0.1) is 18.2 Å². The van der Waals surface area contributed by atoms with Crippen molar-refractivity contribution in [3.05, 3.63) is 77.3 Å². The smallest absolute Gasteiger partial charge is 0.228 e. The molecule has 35 heavy (non-hydrogen) atoms. The number of rotatable bonds is 3. The van der Waals surface area contributed by atoms with E-state index < -0.39 is 5.92 Å². The average Bonchev–Trinajstić information content (AvgIpc) is 3.26. The lowest BCUT2D eigenvalue weighted by molar-refractivity contribution is -0.118. The van der Waals surface area contributed by atoms with Crippen molar-refractivity contribution in [2.24, 2.45) is 5.41 Å². The number of benzene rings is 2. The third-order valence-corrected chi connectivity index (χ3v) is 6.66. The number of allylic oxidation sites excluding steroid dienone is 2. The Kier molecular flexibility index (Phi) is 4.67. The molecule has 4 aromatic rings. The first-order valence-corrected chi connectivity index (χ1v) is 11.5. The first-order chi connectivity index (χ1) is 16.8. The van der Waals surface area contributed by atoms with E-state index in [4.69, 9.17) is 14.5 Å². The Morgan fingerprint density at radius 2 is 1.89 bits per heavy atom.